The summed E-state index contributed by atoms with van der Waals surface area (Å²) in [7, 11) is 0. The Morgan fingerprint density at radius 3 is 1.83 bits per heavy atom. The molecule has 1 aliphatic carbocycles. The molecular weight excluding hydrogens is 364 g/mol. The van der Waals surface area contributed by atoms with Gasteiger partial charge in [0.25, 0.3) is 5.91 Å². The Kier molecular flexibility index (Phi) is 5.20. The lowest BCUT2D eigenvalue weighted by atomic mass is 9.98. The third-order valence-electron chi connectivity index (χ3n) is 4.81. The van der Waals surface area contributed by atoms with Crippen LogP contribution in [0.5, 0.6) is 0 Å². The van der Waals surface area contributed by atoms with Gasteiger partial charge in [0.2, 0.25) is 5.91 Å². The van der Waals surface area contributed by atoms with Gasteiger partial charge in [0, 0.05) is 28.4 Å². The van der Waals surface area contributed by atoms with Crippen LogP contribution in [0.2, 0.25) is 0 Å². The van der Waals surface area contributed by atoms with Crippen LogP contribution in [0.25, 0.3) is 0 Å². The lowest BCUT2D eigenvalue weighted by molar-refractivity contribution is -0.117. The summed E-state index contributed by atoms with van der Waals surface area (Å²) in [6, 6.07) is 22.6. The van der Waals surface area contributed by atoms with E-state index in [1.807, 2.05) is 6.07 Å². The number of hydrogen-bond donors (Lipinski definition) is 2. The molecule has 4 rings (SSSR count). The molecule has 1 aliphatic rings. The topological polar surface area (TPSA) is 75.3 Å². The number of nitrogens with one attached hydrogen (secondary N) is 2. The van der Waals surface area contributed by atoms with Gasteiger partial charge in [-0.15, -0.1) is 0 Å². The first-order chi connectivity index (χ1) is 14.1. The van der Waals surface area contributed by atoms with Crippen LogP contribution in [-0.4, -0.2) is 17.6 Å². The first kappa shape index (κ1) is 18.6. The van der Waals surface area contributed by atoms with Crippen LogP contribution in [-0.2, 0) is 4.79 Å². The third kappa shape index (κ3) is 4.41. The van der Waals surface area contributed by atoms with Crippen LogP contribution in [0.1, 0.15) is 39.1 Å². The van der Waals surface area contributed by atoms with E-state index < -0.39 is 0 Å². The summed E-state index contributed by atoms with van der Waals surface area (Å²) in [6.07, 6.45) is 1.89. The summed E-state index contributed by atoms with van der Waals surface area (Å²) in [4.78, 5) is 37.4. The van der Waals surface area contributed by atoms with Crippen LogP contribution in [0, 0.1) is 5.92 Å². The Morgan fingerprint density at radius 2 is 1.21 bits per heavy atom. The zero-order valence-electron chi connectivity index (χ0n) is 15.7. The minimum absolute atomic E-state index is 0.0372. The molecule has 144 valence electrons. The van der Waals surface area contributed by atoms with Gasteiger partial charge in [-0.3, -0.25) is 14.4 Å². The molecule has 0 heterocycles. The molecule has 0 radical (unpaired) electrons. The Hall–Kier alpha value is -3.73. The number of anilines is 2. The first-order valence-electron chi connectivity index (χ1n) is 9.53. The van der Waals surface area contributed by atoms with E-state index in [-0.39, 0.29) is 23.5 Å². The standard InChI is InChI=1S/C24H20N2O3/c27-22(16-6-2-1-3-7-16)20-8-4-5-9-21(20)24(29)26-19-14-12-18(13-15-19)25-23(28)17-10-11-17/h1-9,12-15,17H,10-11H2,(H,25,28)(H,26,29). The molecule has 2 N–H and O–H groups in total. The van der Waals surface area contributed by atoms with Crippen molar-refractivity contribution < 1.29 is 14.4 Å². The molecule has 5 nitrogen and oxygen atoms in total. The molecule has 3 aromatic rings. The molecule has 1 fully saturated rings. The van der Waals surface area contributed by atoms with Crippen molar-refractivity contribution in [1.29, 1.82) is 0 Å². The van der Waals surface area contributed by atoms with Crippen molar-refractivity contribution >= 4 is 29.0 Å². The maximum atomic E-state index is 12.8. The fraction of sp³-hybridized carbons (Fsp3) is 0.125. The number of rotatable bonds is 6. The normalized spacial score (nSPS) is 12.8. The van der Waals surface area contributed by atoms with Crippen molar-refractivity contribution in [2.75, 3.05) is 10.6 Å². The van der Waals surface area contributed by atoms with Gasteiger partial charge >= 0.3 is 0 Å². The minimum Gasteiger partial charge on any atom is -0.326 e. The van der Waals surface area contributed by atoms with Gasteiger partial charge in [-0.05, 0) is 43.2 Å². The summed E-state index contributed by atoms with van der Waals surface area (Å²) in [6.45, 7) is 0. The molecule has 0 bridgehead atoms. The lowest BCUT2D eigenvalue weighted by Gasteiger charge is -2.11. The zero-order chi connectivity index (χ0) is 20.2. The highest BCUT2D eigenvalue weighted by Crippen LogP contribution is 2.30. The molecule has 0 saturated heterocycles. The maximum Gasteiger partial charge on any atom is 0.256 e. The third-order valence-corrected chi connectivity index (χ3v) is 4.81. The average molecular weight is 384 g/mol. The second kappa shape index (κ2) is 8.10. The molecule has 0 unspecified atom stereocenters. The van der Waals surface area contributed by atoms with E-state index in [1.165, 1.54) is 0 Å². The number of amides is 2. The second-order valence-corrected chi connectivity index (χ2v) is 7.04. The van der Waals surface area contributed by atoms with E-state index in [2.05, 4.69) is 10.6 Å². The predicted octanol–water partition coefficient (Wildman–Crippen LogP) is 4.52. The summed E-state index contributed by atoms with van der Waals surface area (Å²) in [5, 5.41) is 5.68. The van der Waals surface area contributed by atoms with Gasteiger partial charge in [-0.2, -0.15) is 0 Å². The smallest absolute Gasteiger partial charge is 0.256 e. The number of ketones is 1. The summed E-state index contributed by atoms with van der Waals surface area (Å²) >= 11 is 0. The number of carbonyl (C=O) groups excluding carboxylic acids is 3. The molecule has 0 spiro atoms. The van der Waals surface area contributed by atoms with Crippen molar-refractivity contribution in [1.82, 2.24) is 0 Å². The molecule has 0 atom stereocenters. The van der Waals surface area contributed by atoms with E-state index in [0.29, 0.717) is 28.1 Å². The van der Waals surface area contributed by atoms with Crippen LogP contribution >= 0.6 is 0 Å². The molecule has 0 aliphatic heterocycles. The Balaban J connectivity index is 1.49. The highest BCUT2D eigenvalue weighted by Gasteiger charge is 2.29. The molecule has 5 heteroatoms. The summed E-state index contributed by atoms with van der Waals surface area (Å²) < 4.78 is 0. The van der Waals surface area contributed by atoms with Gasteiger partial charge in [0.15, 0.2) is 5.78 Å². The van der Waals surface area contributed by atoms with Gasteiger partial charge in [-0.1, -0.05) is 48.5 Å². The van der Waals surface area contributed by atoms with Gasteiger partial charge < -0.3 is 10.6 Å². The molecule has 0 aromatic heterocycles. The molecule has 3 aromatic carbocycles. The SMILES string of the molecule is O=C(Nc1ccc(NC(=O)C2CC2)cc1)c1ccccc1C(=O)c1ccccc1. The van der Waals surface area contributed by atoms with E-state index in [1.54, 1.807) is 72.8 Å². The first-order valence-corrected chi connectivity index (χ1v) is 9.53. The molecule has 29 heavy (non-hydrogen) atoms. The van der Waals surface area contributed by atoms with Crippen LogP contribution < -0.4 is 10.6 Å². The fourth-order valence-electron chi connectivity index (χ4n) is 3.05. The maximum absolute atomic E-state index is 12.8. The lowest BCUT2D eigenvalue weighted by Crippen LogP contribution is -2.17. The highest BCUT2D eigenvalue weighted by molar-refractivity contribution is 6.17. The van der Waals surface area contributed by atoms with E-state index in [4.69, 9.17) is 0 Å². The van der Waals surface area contributed by atoms with Crippen LogP contribution in [0.3, 0.4) is 0 Å². The Bertz CT molecular complexity index is 1050. The largest absolute Gasteiger partial charge is 0.326 e. The number of carbonyl (C=O) groups is 3. The summed E-state index contributed by atoms with van der Waals surface area (Å²) in [5.41, 5.74) is 2.47. The Morgan fingerprint density at radius 1 is 0.655 bits per heavy atom. The molecule has 1 saturated carbocycles. The number of hydrogen-bond acceptors (Lipinski definition) is 3. The quantitative estimate of drug-likeness (QED) is 0.614. The van der Waals surface area contributed by atoms with Crippen molar-refractivity contribution in [3.8, 4) is 0 Å². The monoisotopic (exact) mass is 384 g/mol. The van der Waals surface area contributed by atoms with E-state index in [0.717, 1.165) is 12.8 Å². The second-order valence-electron chi connectivity index (χ2n) is 7.04. The molecule has 2 amide bonds. The zero-order valence-corrected chi connectivity index (χ0v) is 15.7. The van der Waals surface area contributed by atoms with Gasteiger partial charge in [-0.25, -0.2) is 0 Å². The van der Waals surface area contributed by atoms with Crippen LogP contribution in [0.15, 0.2) is 78.9 Å². The van der Waals surface area contributed by atoms with Crippen LogP contribution in [0.4, 0.5) is 11.4 Å². The van der Waals surface area contributed by atoms with Gasteiger partial charge in [0.05, 0.1) is 5.56 Å². The minimum atomic E-state index is -0.361. The van der Waals surface area contributed by atoms with E-state index >= 15 is 0 Å². The highest BCUT2D eigenvalue weighted by atomic mass is 16.2. The van der Waals surface area contributed by atoms with Gasteiger partial charge in [0.1, 0.15) is 0 Å². The van der Waals surface area contributed by atoms with Crippen molar-refractivity contribution in [2.45, 2.75) is 12.8 Å². The Labute approximate surface area is 168 Å². The van der Waals surface area contributed by atoms with E-state index in [9.17, 15) is 14.4 Å². The van der Waals surface area contributed by atoms with Crippen molar-refractivity contribution in [3.05, 3.63) is 95.6 Å². The average Bonchev–Trinajstić information content (AvgIpc) is 3.61. The fourth-order valence-corrected chi connectivity index (χ4v) is 3.05. The van der Waals surface area contributed by atoms with Crippen molar-refractivity contribution in [3.63, 3.8) is 0 Å². The van der Waals surface area contributed by atoms with Crippen molar-refractivity contribution in [2.24, 2.45) is 5.92 Å². The predicted molar refractivity (Wildman–Crippen MR) is 112 cm³/mol. The summed E-state index contributed by atoms with van der Waals surface area (Å²) in [5.74, 6) is -0.391. The number of benzene rings is 3. The molecular formula is C24H20N2O3.